The average molecular weight is 531 g/mol. The van der Waals surface area contributed by atoms with Gasteiger partial charge in [0.15, 0.2) is 0 Å². The molecule has 0 spiro atoms. The highest BCUT2D eigenvalue weighted by molar-refractivity contribution is 7.89. The number of aromatic amines is 1. The van der Waals surface area contributed by atoms with E-state index in [0.717, 1.165) is 29.5 Å². The van der Waals surface area contributed by atoms with Gasteiger partial charge in [-0.25, -0.2) is 17.1 Å². The number of aromatic nitrogens is 1. The lowest BCUT2D eigenvalue weighted by molar-refractivity contribution is 0.100. The van der Waals surface area contributed by atoms with Crippen molar-refractivity contribution in [3.05, 3.63) is 59.0 Å². The van der Waals surface area contributed by atoms with E-state index in [-0.39, 0.29) is 17.5 Å². The minimum absolute atomic E-state index is 0.0916. The molecule has 200 valence electrons. The molecule has 37 heavy (non-hydrogen) atoms. The summed E-state index contributed by atoms with van der Waals surface area (Å²) in [6, 6.07) is 8.54. The fourth-order valence-electron chi connectivity index (χ4n) is 5.07. The average Bonchev–Trinajstić information content (AvgIpc) is 3.31. The molecule has 4 rings (SSSR count). The van der Waals surface area contributed by atoms with Crippen molar-refractivity contribution < 1.29 is 22.3 Å². The van der Waals surface area contributed by atoms with Crippen LogP contribution in [0.25, 0.3) is 22.0 Å². The first kappa shape index (κ1) is 27.3. The molecular weight excluding hydrogens is 495 g/mol. The minimum atomic E-state index is -3.22. The van der Waals surface area contributed by atoms with E-state index in [1.807, 2.05) is 18.3 Å². The lowest BCUT2D eigenvalue weighted by atomic mass is 9.88. The number of carbonyl (C=O) groups excluding carboxylic acids is 1. The number of nitrogens with zero attached hydrogens (tertiary/aromatic N) is 1. The molecule has 0 bridgehead atoms. The van der Waals surface area contributed by atoms with Gasteiger partial charge in [-0.15, -0.1) is 0 Å². The fraction of sp³-hybridized carbons (Fsp3) is 0.444. The number of hydrogen-bond donors (Lipinski definition) is 3. The molecule has 0 aliphatic carbocycles. The third kappa shape index (κ3) is 6.20. The van der Waals surface area contributed by atoms with Crippen LogP contribution in [0.15, 0.2) is 36.5 Å². The Hall–Kier alpha value is -2.79. The number of ether oxygens (including phenoxy) is 1. The van der Waals surface area contributed by atoms with Crippen molar-refractivity contribution in [2.45, 2.75) is 38.6 Å². The summed E-state index contributed by atoms with van der Waals surface area (Å²) in [5.74, 6) is -0.701. The molecule has 1 aliphatic rings. The van der Waals surface area contributed by atoms with E-state index >= 15 is 0 Å². The number of carbonyl (C=O) groups is 1. The largest absolute Gasteiger partial charge is 0.385 e. The first-order valence-corrected chi connectivity index (χ1v) is 14.3. The maximum atomic E-state index is 14.6. The number of benzene rings is 2. The normalized spacial score (nSPS) is 15.4. The van der Waals surface area contributed by atoms with Gasteiger partial charge in [0.05, 0.1) is 16.8 Å². The number of sulfonamides is 1. The summed E-state index contributed by atoms with van der Waals surface area (Å²) < 4.78 is 45.8. The van der Waals surface area contributed by atoms with Crippen LogP contribution < -0.4 is 11.1 Å². The molecule has 0 atom stereocenters. The Labute approximate surface area is 217 Å². The van der Waals surface area contributed by atoms with Crippen LogP contribution in [0.1, 0.15) is 53.6 Å². The standard InChI is InChI=1S/C27H35FN4O4S/c1-3-37(34,35)32-8-5-19(6-9-32)25-17-31-26-23(25)14-21(15-24(26)27(29)33)20-11-18(12-22(28)13-20)16-30-7-4-10-36-2/h11-15,17,19,30-31H,3-10,16H2,1-2H3,(H2,29,33). The molecule has 1 amide bonds. The number of nitrogens with one attached hydrogen (secondary N) is 2. The van der Waals surface area contributed by atoms with Gasteiger partial charge in [-0.05, 0) is 91.2 Å². The quantitative estimate of drug-likeness (QED) is 0.327. The number of halogens is 1. The summed E-state index contributed by atoms with van der Waals surface area (Å²) in [5.41, 5.74) is 9.90. The number of primary amides is 1. The molecule has 3 aromatic rings. The number of H-pyrrole nitrogens is 1. The van der Waals surface area contributed by atoms with Gasteiger partial charge in [-0.2, -0.15) is 0 Å². The molecule has 0 radical (unpaired) electrons. The highest BCUT2D eigenvalue weighted by atomic mass is 32.2. The highest BCUT2D eigenvalue weighted by Gasteiger charge is 2.29. The summed E-state index contributed by atoms with van der Waals surface area (Å²) in [6.45, 7) is 4.49. The Balaban J connectivity index is 1.65. The number of amides is 1. The molecule has 2 aromatic carbocycles. The molecule has 1 fully saturated rings. The summed E-state index contributed by atoms with van der Waals surface area (Å²) in [4.78, 5) is 15.6. The van der Waals surface area contributed by atoms with Gasteiger partial charge in [-0.1, -0.05) is 0 Å². The van der Waals surface area contributed by atoms with Crippen LogP contribution in [0.4, 0.5) is 4.39 Å². The third-order valence-electron chi connectivity index (χ3n) is 7.06. The number of fused-ring (bicyclic) bond motifs is 1. The van der Waals surface area contributed by atoms with Crippen LogP contribution in [0, 0.1) is 5.82 Å². The zero-order valence-electron chi connectivity index (χ0n) is 21.3. The highest BCUT2D eigenvalue weighted by Crippen LogP contribution is 2.37. The molecule has 1 saturated heterocycles. The van der Waals surface area contributed by atoms with Crippen LogP contribution >= 0.6 is 0 Å². The second-order valence-electron chi connectivity index (χ2n) is 9.50. The number of methoxy groups -OCH3 is 1. The molecule has 1 aliphatic heterocycles. The van der Waals surface area contributed by atoms with Gasteiger partial charge >= 0.3 is 0 Å². The van der Waals surface area contributed by atoms with Gasteiger partial charge in [-0.3, -0.25) is 4.79 Å². The van der Waals surface area contributed by atoms with Crippen molar-refractivity contribution >= 4 is 26.8 Å². The Morgan fingerprint density at radius 2 is 1.92 bits per heavy atom. The van der Waals surface area contributed by atoms with Crippen LogP contribution in [-0.2, 0) is 21.3 Å². The van der Waals surface area contributed by atoms with Crippen LogP contribution in [0.5, 0.6) is 0 Å². The predicted octanol–water partition coefficient (Wildman–Crippen LogP) is 3.73. The van der Waals surface area contributed by atoms with Crippen LogP contribution in [-0.4, -0.2) is 62.7 Å². The maximum Gasteiger partial charge on any atom is 0.250 e. The van der Waals surface area contributed by atoms with E-state index in [1.54, 1.807) is 24.4 Å². The molecule has 1 aromatic heterocycles. The van der Waals surface area contributed by atoms with Gasteiger partial charge in [0.25, 0.3) is 5.91 Å². The van der Waals surface area contributed by atoms with E-state index in [9.17, 15) is 17.6 Å². The maximum absolute atomic E-state index is 14.6. The zero-order valence-corrected chi connectivity index (χ0v) is 22.2. The predicted molar refractivity (Wildman–Crippen MR) is 143 cm³/mol. The number of nitrogens with two attached hydrogens (primary N) is 1. The van der Waals surface area contributed by atoms with E-state index < -0.39 is 15.9 Å². The molecule has 4 N–H and O–H groups in total. The number of hydrogen-bond acceptors (Lipinski definition) is 5. The second-order valence-corrected chi connectivity index (χ2v) is 11.8. The lowest BCUT2D eigenvalue weighted by Gasteiger charge is -2.31. The fourth-order valence-corrected chi connectivity index (χ4v) is 6.20. The lowest BCUT2D eigenvalue weighted by Crippen LogP contribution is -2.38. The Morgan fingerprint density at radius 1 is 1.19 bits per heavy atom. The molecule has 8 nitrogen and oxygen atoms in total. The van der Waals surface area contributed by atoms with Crippen molar-refractivity contribution in [2.24, 2.45) is 5.73 Å². The van der Waals surface area contributed by atoms with Gasteiger partial charge < -0.3 is 20.8 Å². The Bertz CT molecular complexity index is 1360. The zero-order chi connectivity index (χ0) is 26.6. The van der Waals surface area contributed by atoms with Gasteiger partial charge in [0.1, 0.15) is 5.82 Å². The van der Waals surface area contributed by atoms with Crippen molar-refractivity contribution in [3.63, 3.8) is 0 Å². The minimum Gasteiger partial charge on any atom is -0.385 e. The first-order chi connectivity index (χ1) is 17.7. The Morgan fingerprint density at radius 3 is 2.59 bits per heavy atom. The summed E-state index contributed by atoms with van der Waals surface area (Å²) in [6.07, 6.45) is 4.11. The smallest absolute Gasteiger partial charge is 0.250 e. The van der Waals surface area contributed by atoms with Gasteiger partial charge in [0.2, 0.25) is 10.0 Å². The van der Waals surface area contributed by atoms with Gasteiger partial charge in [0, 0.05) is 44.9 Å². The van der Waals surface area contributed by atoms with E-state index in [1.165, 1.54) is 12.1 Å². The Kier molecular flexibility index (Phi) is 8.63. The molecule has 2 heterocycles. The summed E-state index contributed by atoms with van der Waals surface area (Å²) >= 11 is 0. The monoisotopic (exact) mass is 530 g/mol. The first-order valence-electron chi connectivity index (χ1n) is 12.7. The molecular formula is C27H35FN4O4S. The summed E-state index contributed by atoms with van der Waals surface area (Å²) in [7, 11) is -1.56. The summed E-state index contributed by atoms with van der Waals surface area (Å²) in [5, 5.41) is 4.15. The SMILES string of the molecule is CCS(=O)(=O)N1CCC(c2c[nH]c3c(C(N)=O)cc(-c4cc(F)cc(CNCCCOC)c4)cc23)CC1. The van der Waals surface area contributed by atoms with E-state index in [2.05, 4.69) is 10.3 Å². The second kappa shape index (κ2) is 11.7. The molecule has 0 unspecified atom stereocenters. The van der Waals surface area contributed by atoms with Crippen LogP contribution in [0.2, 0.25) is 0 Å². The van der Waals surface area contributed by atoms with E-state index in [4.69, 9.17) is 10.5 Å². The van der Waals surface area contributed by atoms with Crippen molar-refractivity contribution in [3.8, 4) is 11.1 Å². The number of rotatable bonds is 11. The third-order valence-corrected chi connectivity index (χ3v) is 8.94. The van der Waals surface area contributed by atoms with Crippen molar-refractivity contribution in [1.29, 1.82) is 0 Å². The van der Waals surface area contributed by atoms with Crippen molar-refractivity contribution in [1.82, 2.24) is 14.6 Å². The number of piperidine rings is 1. The van der Waals surface area contributed by atoms with E-state index in [0.29, 0.717) is 61.3 Å². The van der Waals surface area contributed by atoms with Crippen molar-refractivity contribution in [2.75, 3.05) is 39.1 Å². The topological polar surface area (TPSA) is 118 Å². The van der Waals surface area contributed by atoms with Crippen LogP contribution in [0.3, 0.4) is 0 Å². The molecule has 0 saturated carbocycles. The molecule has 10 heteroatoms.